The molecule has 3 aliphatic rings. The number of thiazole rings is 1. The molecule has 2 aliphatic heterocycles. The van der Waals surface area contributed by atoms with Crippen LogP contribution in [0.15, 0.2) is 60.7 Å². The molecule has 2 amide bonds. The van der Waals surface area contributed by atoms with Crippen LogP contribution >= 0.6 is 11.3 Å². The van der Waals surface area contributed by atoms with Crippen LogP contribution in [0.25, 0.3) is 10.2 Å². The standard InChI is InChI=1S/C39H47N3O7S/c1-25-17-18-30-33(19-25)50-37(40-30)47-29-21-31-32(43)23-39(36(46)41-49-28-15-11-8-12-16-28)22-27(39)14-10-7-5-6-9-13-26(35(45)42(31)24-29)20-34(44)48-38(2,3)4/h8,10-12,14-19,26-27,29,31H,5-7,9,13,20-24H2,1-4H3,(H,41,46)/b14-10-/t26-,27+,29-,31+,39-/m1/s1. The van der Waals surface area contributed by atoms with E-state index in [0.29, 0.717) is 23.8 Å². The van der Waals surface area contributed by atoms with Crippen molar-refractivity contribution in [3.05, 3.63) is 66.2 Å². The number of esters is 1. The van der Waals surface area contributed by atoms with Gasteiger partial charge in [-0.2, -0.15) is 5.48 Å². The summed E-state index contributed by atoms with van der Waals surface area (Å²) in [7, 11) is 0. The minimum atomic E-state index is -0.989. The molecule has 266 valence electrons. The molecule has 1 saturated carbocycles. The smallest absolute Gasteiger partial charge is 0.307 e. The van der Waals surface area contributed by atoms with Crippen molar-refractivity contribution < 1.29 is 33.5 Å². The number of carbonyl (C=O) groups is 4. The number of para-hydroxylation sites is 1. The Bertz CT molecular complexity index is 1750. The van der Waals surface area contributed by atoms with E-state index in [2.05, 4.69) is 28.7 Å². The number of ketones is 1. The number of nitrogens with one attached hydrogen (secondary N) is 1. The summed E-state index contributed by atoms with van der Waals surface area (Å²) in [5.74, 6) is -1.54. The molecule has 11 heteroatoms. The first-order chi connectivity index (χ1) is 23.9. The fraction of sp³-hybridized carbons (Fsp3) is 0.513. The molecular formula is C39H47N3O7S. The van der Waals surface area contributed by atoms with Gasteiger partial charge in [-0.05, 0) is 89.1 Å². The van der Waals surface area contributed by atoms with Gasteiger partial charge in [-0.15, -0.1) is 0 Å². The number of Topliss-reactive ketones (excluding diaryl/α,β-unsaturated/α-hetero) is 1. The zero-order valence-electron chi connectivity index (χ0n) is 29.3. The Morgan fingerprint density at radius 1 is 1.08 bits per heavy atom. The van der Waals surface area contributed by atoms with E-state index in [1.807, 2.05) is 37.3 Å². The van der Waals surface area contributed by atoms with Crippen molar-refractivity contribution in [2.75, 3.05) is 6.54 Å². The number of hydrogen-bond acceptors (Lipinski definition) is 9. The number of rotatable bonds is 7. The Kier molecular flexibility index (Phi) is 10.6. The lowest BCUT2D eigenvalue weighted by atomic mass is 9.90. The molecule has 0 unspecified atom stereocenters. The first kappa shape index (κ1) is 35.6. The van der Waals surface area contributed by atoms with E-state index in [9.17, 15) is 19.2 Å². The molecule has 1 aliphatic carbocycles. The van der Waals surface area contributed by atoms with Crippen LogP contribution < -0.4 is 15.1 Å². The fourth-order valence-electron chi connectivity index (χ4n) is 7.11. The van der Waals surface area contributed by atoms with Gasteiger partial charge in [0.05, 0.1) is 34.6 Å². The molecule has 3 heterocycles. The molecule has 2 fully saturated rings. The number of fused-ring (bicyclic) bond motifs is 3. The highest BCUT2D eigenvalue weighted by Gasteiger charge is 2.61. The Labute approximate surface area is 297 Å². The molecule has 5 atom stereocenters. The van der Waals surface area contributed by atoms with Crippen LogP contribution in [0.2, 0.25) is 0 Å². The Balaban J connectivity index is 1.27. The molecule has 1 saturated heterocycles. The van der Waals surface area contributed by atoms with Crippen molar-refractivity contribution in [1.82, 2.24) is 15.4 Å². The van der Waals surface area contributed by atoms with E-state index in [0.717, 1.165) is 41.5 Å². The number of benzene rings is 2. The maximum absolute atomic E-state index is 14.4. The summed E-state index contributed by atoms with van der Waals surface area (Å²) < 4.78 is 13.0. The third-order valence-corrected chi connectivity index (χ3v) is 10.7. The molecular weight excluding hydrogens is 655 g/mol. The van der Waals surface area contributed by atoms with Gasteiger partial charge in [0.25, 0.3) is 11.1 Å². The van der Waals surface area contributed by atoms with E-state index in [4.69, 9.17) is 14.3 Å². The van der Waals surface area contributed by atoms with Gasteiger partial charge in [0, 0.05) is 18.8 Å². The van der Waals surface area contributed by atoms with E-state index < -0.39 is 35.0 Å². The average Bonchev–Trinajstić information content (AvgIpc) is 3.37. The predicted molar refractivity (Wildman–Crippen MR) is 190 cm³/mol. The second-order valence-corrected chi connectivity index (χ2v) is 15.9. The SMILES string of the molecule is Cc1ccc2nc(O[C@@H]3C[C@H]4C(=O)C[C@]5(C(=O)NOc6ccccc6)C[C@@H]5/C=C\CCCCC[C@H](CC(=O)OC(C)(C)C)C(=O)N4C3)sc2c1. The third-order valence-electron chi connectivity index (χ3n) is 9.76. The van der Waals surface area contributed by atoms with Crippen molar-refractivity contribution in [3.8, 4) is 10.9 Å². The quantitative estimate of drug-likeness (QED) is 0.160. The largest absolute Gasteiger partial charge is 0.465 e. The molecule has 0 bridgehead atoms. The van der Waals surface area contributed by atoms with Crippen LogP contribution in [-0.4, -0.2) is 57.7 Å². The number of amides is 2. The van der Waals surface area contributed by atoms with Gasteiger partial charge < -0.3 is 19.2 Å². The van der Waals surface area contributed by atoms with E-state index in [1.54, 1.807) is 37.8 Å². The topological polar surface area (TPSA) is 124 Å². The first-order valence-corrected chi connectivity index (χ1v) is 18.5. The van der Waals surface area contributed by atoms with Gasteiger partial charge in [0.15, 0.2) is 11.5 Å². The maximum atomic E-state index is 14.4. The van der Waals surface area contributed by atoms with Crippen LogP contribution in [0.1, 0.15) is 84.1 Å². The van der Waals surface area contributed by atoms with Gasteiger partial charge >= 0.3 is 5.97 Å². The monoisotopic (exact) mass is 701 g/mol. The first-order valence-electron chi connectivity index (χ1n) is 17.7. The second-order valence-electron chi connectivity index (χ2n) is 14.9. The number of carbonyl (C=O) groups excluding carboxylic acids is 4. The minimum absolute atomic E-state index is 0.0513. The van der Waals surface area contributed by atoms with Crippen molar-refractivity contribution in [1.29, 1.82) is 0 Å². The predicted octanol–water partition coefficient (Wildman–Crippen LogP) is 6.90. The minimum Gasteiger partial charge on any atom is -0.465 e. The lowest BCUT2D eigenvalue weighted by Crippen LogP contribution is -2.46. The Morgan fingerprint density at radius 2 is 1.88 bits per heavy atom. The zero-order valence-corrected chi connectivity index (χ0v) is 30.1. The van der Waals surface area contributed by atoms with Gasteiger partial charge in [-0.25, -0.2) is 4.98 Å². The number of hydrogen-bond donors (Lipinski definition) is 1. The number of nitrogens with zero attached hydrogens (tertiary/aromatic N) is 2. The van der Waals surface area contributed by atoms with Gasteiger partial charge in [0.2, 0.25) is 5.91 Å². The van der Waals surface area contributed by atoms with Crippen LogP contribution in [0.4, 0.5) is 0 Å². The van der Waals surface area contributed by atoms with Gasteiger partial charge in [-0.1, -0.05) is 60.6 Å². The summed E-state index contributed by atoms with van der Waals surface area (Å²) in [4.78, 5) is 67.5. The molecule has 1 aromatic heterocycles. The van der Waals surface area contributed by atoms with Crippen molar-refractivity contribution in [2.45, 2.75) is 103 Å². The molecule has 2 aromatic carbocycles. The van der Waals surface area contributed by atoms with Crippen LogP contribution in [0, 0.1) is 24.2 Å². The Morgan fingerprint density at radius 3 is 2.66 bits per heavy atom. The highest BCUT2D eigenvalue weighted by Crippen LogP contribution is 2.57. The maximum Gasteiger partial charge on any atom is 0.307 e. The number of hydroxylamine groups is 1. The summed E-state index contributed by atoms with van der Waals surface area (Å²) in [5.41, 5.74) is 2.87. The molecule has 50 heavy (non-hydrogen) atoms. The Hall–Kier alpha value is -4.25. The number of ether oxygens (including phenoxy) is 2. The van der Waals surface area contributed by atoms with Crippen LogP contribution in [0.5, 0.6) is 10.9 Å². The third kappa shape index (κ3) is 8.54. The summed E-state index contributed by atoms with van der Waals surface area (Å²) in [6.07, 6.45) is 8.20. The number of aryl methyl sites for hydroxylation is 1. The van der Waals surface area contributed by atoms with Crippen molar-refractivity contribution in [2.24, 2.45) is 17.3 Å². The summed E-state index contributed by atoms with van der Waals surface area (Å²) >= 11 is 1.43. The van der Waals surface area contributed by atoms with Crippen molar-refractivity contribution >= 4 is 45.1 Å². The lowest BCUT2D eigenvalue weighted by molar-refractivity contribution is -0.159. The van der Waals surface area contributed by atoms with Crippen molar-refractivity contribution in [3.63, 3.8) is 0 Å². The van der Waals surface area contributed by atoms with E-state index in [-0.39, 0.29) is 49.3 Å². The highest BCUT2D eigenvalue weighted by molar-refractivity contribution is 7.20. The van der Waals surface area contributed by atoms with Gasteiger partial charge in [0.1, 0.15) is 11.7 Å². The molecule has 10 nitrogen and oxygen atoms in total. The van der Waals surface area contributed by atoms with Crippen LogP contribution in [-0.2, 0) is 23.9 Å². The zero-order chi connectivity index (χ0) is 35.5. The van der Waals surface area contributed by atoms with E-state index >= 15 is 0 Å². The van der Waals surface area contributed by atoms with E-state index in [1.165, 1.54) is 11.3 Å². The highest BCUT2D eigenvalue weighted by atomic mass is 32.1. The summed E-state index contributed by atoms with van der Waals surface area (Å²) in [6, 6.07) is 14.1. The molecule has 1 N–H and O–H groups in total. The molecule has 6 rings (SSSR count). The number of aromatic nitrogens is 1. The summed E-state index contributed by atoms with van der Waals surface area (Å²) in [5, 5.41) is 0.477. The number of allylic oxidation sites excluding steroid dienone is 2. The molecule has 0 radical (unpaired) electrons. The van der Waals surface area contributed by atoms with Crippen LogP contribution in [0.3, 0.4) is 0 Å². The lowest BCUT2D eigenvalue weighted by Gasteiger charge is -2.29. The summed E-state index contributed by atoms with van der Waals surface area (Å²) in [6.45, 7) is 7.61. The molecule has 0 spiro atoms. The molecule has 3 aromatic rings. The van der Waals surface area contributed by atoms with Gasteiger partial charge in [-0.3, -0.25) is 19.2 Å². The second kappa shape index (κ2) is 14.9. The normalized spacial score (nSPS) is 26.6. The fourth-order valence-corrected chi connectivity index (χ4v) is 8.09. The average molecular weight is 702 g/mol.